The summed E-state index contributed by atoms with van der Waals surface area (Å²) in [6.45, 7) is 6.92. The van der Waals surface area contributed by atoms with E-state index >= 15 is 0 Å². The predicted molar refractivity (Wildman–Crippen MR) is 54.5 cm³/mol. The van der Waals surface area contributed by atoms with Crippen LogP contribution in [-0.2, 0) is 4.79 Å². The van der Waals surface area contributed by atoms with Crippen LogP contribution in [0.1, 0.15) is 19.4 Å². The van der Waals surface area contributed by atoms with Gasteiger partial charge in [0.25, 0.3) is 5.97 Å². The second-order valence-corrected chi connectivity index (χ2v) is 2.67. The fourth-order valence-corrected chi connectivity index (χ4v) is 0.723. The van der Waals surface area contributed by atoms with E-state index in [0.717, 1.165) is 12.5 Å². The van der Waals surface area contributed by atoms with Crippen molar-refractivity contribution in [2.24, 2.45) is 0 Å². The summed E-state index contributed by atoms with van der Waals surface area (Å²) in [4.78, 5) is 9.00. The molecule has 13 heavy (non-hydrogen) atoms. The third-order valence-corrected chi connectivity index (χ3v) is 1.27. The maximum absolute atomic E-state index is 9.00. The Morgan fingerprint density at radius 3 is 1.85 bits per heavy atom. The number of carbonyl (C=O) groups is 1. The zero-order valence-corrected chi connectivity index (χ0v) is 7.95. The molecule has 0 aromatic heterocycles. The highest BCUT2D eigenvalue weighted by Gasteiger charge is 1.86. The van der Waals surface area contributed by atoms with E-state index in [2.05, 4.69) is 18.7 Å². The Morgan fingerprint density at radius 1 is 1.23 bits per heavy atom. The Morgan fingerprint density at radius 2 is 1.62 bits per heavy atom. The largest absolute Gasteiger partial charge is 0.481 e. The van der Waals surface area contributed by atoms with E-state index in [0.29, 0.717) is 0 Å². The van der Waals surface area contributed by atoms with Gasteiger partial charge >= 0.3 is 0 Å². The van der Waals surface area contributed by atoms with E-state index in [4.69, 9.17) is 9.90 Å². The molecular formula is C11H14O2. The Bertz CT molecular complexity index is 271. The SMILES string of the molecule is C=C(C)c1ccccc1.CC(=O)O. The van der Waals surface area contributed by atoms with Crippen LogP contribution < -0.4 is 0 Å². The molecule has 0 unspecified atom stereocenters. The van der Waals surface area contributed by atoms with Crippen molar-refractivity contribution in [3.8, 4) is 0 Å². The summed E-state index contributed by atoms with van der Waals surface area (Å²) in [5.41, 5.74) is 2.34. The molecule has 0 saturated carbocycles. The van der Waals surface area contributed by atoms with Crippen LogP contribution in [0.25, 0.3) is 5.57 Å². The first-order valence-corrected chi connectivity index (χ1v) is 3.94. The van der Waals surface area contributed by atoms with Crippen molar-refractivity contribution < 1.29 is 9.90 Å². The number of hydrogen-bond acceptors (Lipinski definition) is 1. The van der Waals surface area contributed by atoms with Gasteiger partial charge in [0.05, 0.1) is 0 Å². The molecule has 0 radical (unpaired) electrons. The van der Waals surface area contributed by atoms with Gasteiger partial charge in [0, 0.05) is 6.92 Å². The first-order valence-electron chi connectivity index (χ1n) is 3.94. The fraction of sp³-hybridized carbons (Fsp3) is 0.182. The number of carboxylic acids is 1. The van der Waals surface area contributed by atoms with Crippen molar-refractivity contribution in [2.45, 2.75) is 13.8 Å². The lowest BCUT2D eigenvalue weighted by Crippen LogP contribution is -1.78. The van der Waals surface area contributed by atoms with Gasteiger partial charge in [-0.2, -0.15) is 0 Å². The smallest absolute Gasteiger partial charge is 0.300 e. The van der Waals surface area contributed by atoms with Gasteiger partial charge in [0.1, 0.15) is 0 Å². The summed E-state index contributed by atoms with van der Waals surface area (Å²) >= 11 is 0. The van der Waals surface area contributed by atoms with Crippen molar-refractivity contribution in [3.05, 3.63) is 42.5 Å². The highest BCUT2D eigenvalue weighted by Crippen LogP contribution is 2.08. The summed E-state index contributed by atoms with van der Waals surface area (Å²) in [7, 11) is 0. The molecule has 0 fully saturated rings. The van der Waals surface area contributed by atoms with Crippen LogP contribution in [0.2, 0.25) is 0 Å². The van der Waals surface area contributed by atoms with Crippen molar-refractivity contribution >= 4 is 11.5 Å². The molecule has 2 nitrogen and oxygen atoms in total. The fourth-order valence-electron chi connectivity index (χ4n) is 0.723. The summed E-state index contributed by atoms with van der Waals surface area (Å²) in [5.74, 6) is -0.833. The monoisotopic (exact) mass is 178 g/mol. The number of allylic oxidation sites excluding steroid dienone is 1. The second kappa shape index (κ2) is 6.00. The maximum Gasteiger partial charge on any atom is 0.300 e. The molecule has 0 bridgehead atoms. The number of rotatable bonds is 1. The average molecular weight is 178 g/mol. The molecule has 0 saturated heterocycles. The lowest BCUT2D eigenvalue weighted by atomic mass is 10.1. The van der Waals surface area contributed by atoms with Crippen LogP contribution in [-0.4, -0.2) is 11.1 Å². The van der Waals surface area contributed by atoms with Gasteiger partial charge in [0.2, 0.25) is 0 Å². The Balaban J connectivity index is 0.000000310. The molecule has 1 rings (SSSR count). The molecule has 0 aliphatic rings. The van der Waals surface area contributed by atoms with Crippen LogP contribution in [0.3, 0.4) is 0 Å². The van der Waals surface area contributed by atoms with Gasteiger partial charge in [-0.25, -0.2) is 0 Å². The molecular weight excluding hydrogens is 164 g/mol. The number of hydrogen-bond donors (Lipinski definition) is 1. The summed E-state index contributed by atoms with van der Waals surface area (Å²) in [6, 6.07) is 10.2. The molecule has 0 aliphatic carbocycles. The second-order valence-electron chi connectivity index (χ2n) is 2.67. The molecule has 1 aromatic rings. The van der Waals surface area contributed by atoms with E-state index in [1.807, 2.05) is 25.1 Å². The summed E-state index contributed by atoms with van der Waals surface area (Å²) in [6.07, 6.45) is 0. The lowest BCUT2D eigenvalue weighted by molar-refractivity contribution is -0.134. The third-order valence-electron chi connectivity index (χ3n) is 1.27. The molecule has 0 spiro atoms. The minimum Gasteiger partial charge on any atom is -0.481 e. The highest BCUT2D eigenvalue weighted by atomic mass is 16.4. The molecule has 2 heteroatoms. The third kappa shape index (κ3) is 6.81. The minimum absolute atomic E-state index is 0.833. The first-order chi connectivity index (χ1) is 6.04. The number of benzene rings is 1. The minimum atomic E-state index is -0.833. The van der Waals surface area contributed by atoms with E-state index in [9.17, 15) is 0 Å². The van der Waals surface area contributed by atoms with Gasteiger partial charge in [-0.15, -0.1) is 0 Å². The first kappa shape index (κ1) is 11.4. The van der Waals surface area contributed by atoms with E-state index in [-0.39, 0.29) is 0 Å². The summed E-state index contributed by atoms with van der Waals surface area (Å²) < 4.78 is 0. The molecule has 0 atom stereocenters. The van der Waals surface area contributed by atoms with Crippen LogP contribution in [0.15, 0.2) is 36.9 Å². The van der Waals surface area contributed by atoms with E-state index in [1.54, 1.807) is 0 Å². The van der Waals surface area contributed by atoms with Crippen LogP contribution >= 0.6 is 0 Å². The Kier molecular flexibility index (Phi) is 5.28. The molecule has 1 N–H and O–H groups in total. The predicted octanol–water partition coefficient (Wildman–Crippen LogP) is 2.81. The Labute approximate surface area is 78.5 Å². The van der Waals surface area contributed by atoms with Gasteiger partial charge in [-0.1, -0.05) is 42.5 Å². The average Bonchev–Trinajstić information content (AvgIpc) is 2.05. The zero-order chi connectivity index (χ0) is 10.3. The van der Waals surface area contributed by atoms with E-state index < -0.39 is 5.97 Å². The summed E-state index contributed by atoms with van der Waals surface area (Å²) in [5, 5.41) is 7.42. The maximum atomic E-state index is 9.00. The lowest BCUT2D eigenvalue weighted by Gasteiger charge is -1.94. The van der Waals surface area contributed by atoms with Crippen LogP contribution in [0, 0.1) is 0 Å². The normalized spacial score (nSPS) is 8.15. The molecule has 0 aliphatic heterocycles. The highest BCUT2D eigenvalue weighted by molar-refractivity contribution is 5.63. The number of carboxylic acid groups (broad SMARTS) is 1. The van der Waals surface area contributed by atoms with Crippen LogP contribution in [0.4, 0.5) is 0 Å². The quantitative estimate of drug-likeness (QED) is 0.718. The zero-order valence-electron chi connectivity index (χ0n) is 7.95. The van der Waals surface area contributed by atoms with Gasteiger partial charge in [-0.05, 0) is 12.5 Å². The van der Waals surface area contributed by atoms with Crippen molar-refractivity contribution in [1.82, 2.24) is 0 Å². The van der Waals surface area contributed by atoms with Crippen LogP contribution in [0.5, 0.6) is 0 Å². The van der Waals surface area contributed by atoms with E-state index in [1.165, 1.54) is 5.56 Å². The van der Waals surface area contributed by atoms with Crippen molar-refractivity contribution in [3.63, 3.8) is 0 Å². The molecule has 0 amide bonds. The van der Waals surface area contributed by atoms with Gasteiger partial charge in [-0.3, -0.25) is 4.79 Å². The molecule has 70 valence electrons. The van der Waals surface area contributed by atoms with Crippen molar-refractivity contribution in [2.75, 3.05) is 0 Å². The molecule has 0 heterocycles. The topological polar surface area (TPSA) is 37.3 Å². The van der Waals surface area contributed by atoms with Gasteiger partial charge < -0.3 is 5.11 Å². The molecule has 1 aromatic carbocycles. The Hall–Kier alpha value is -1.57. The van der Waals surface area contributed by atoms with Gasteiger partial charge in [0.15, 0.2) is 0 Å². The van der Waals surface area contributed by atoms with Crippen molar-refractivity contribution in [1.29, 1.82) is 0 Å². The number of aliphatic carboxylic acids is 1. The standard InChI is InChI=1S/C9H10.C2H4O2/c1-8(2)9-6-4-3-5-7-9;1-2(3)4/h3-7H,1H2,2H3;1H3,(H,3,4).